The van der Waals surface area contributed by atoms with Crippen LogP contribution in [0.25, 0.3) is 0 Å². The third kappa shape index (κ3) is 15.3. The van der Waals surface area contributed by atoms with E-state index in [-0.39, 0.29) is 13.2 Å². The monoisotopic (exact) mass is 397 g/mol. The van der Waals surface area contributed by atoms with Crippen LogP contribution in [0.1, 0.15) is 53.4 Å². The van der Waals surface area contributed by atoms with Crippen LogP contribution in [0.15, 0.2) is 0 Å². The second-order valence-electron chi connectivity index (χ2n) is 5.98. The van der Waals surface area contributed by atoms with Crippen molar-refractivity contribution in [3.05, 3.63) is 0 Å². The van der Waals surface area contributed by atoms with Crippen LogP contribution in [0.3, 0.4) is 0 Å². The number of esters is 2. The fourth-order valence-corrected chi connectivity index (χ4v) is 2.80. The Kier molecular flexibility index (Phi) is 13.6. The van der Waals surface area contributed by atoms with Gasteiger partial charge in [0.05, 0.1) is 13.2 Å². The van der Waals surface area contributed by atoms with Crippen molar-refractivity contribution in [3.63, 3.8) is 0 Å². The summed E-state index contributed by atoms with van der Waals surface area (Å²) in [5.74, 6) is -1.19. The largest absolute Gasteiger partial charge is 0.472 e. The molecule has 0 aliphatic carbocycles. The standard InChI is InChI=1S/C16H32NO8P/c1-5-6-7-8-13(2)17-9-10-23-26(20,21)24-12-16(25-15(4)19)11-22-14(3)18/h13,16-17H,5-12H2,1-4H3,(H,20,21)/t13?,16-/m1/s1. The first-order valence-corrected chi connectivity index (χ1v) is 10.3. The van der Waals surface area contributed by atoms with E-state index in [9.17, 15) is 19.0 Å². The molecule has 9 nitrogen and oxygen atoms in total. The molecule has 0 amide bonds. The number of unbranched alkanes of at least 4 members (excludes halogenated alkanes) is 2. The Balaban J connectivity index is 4.10. The van der Waals surface area contributed by atoms with Crippen LogP contribution in [-0.2, 0) is 32.7 Å². The Bertz CT molecular complexity index is 460. The average molecular weight is 397 g/mol. The number of ether oxygens (including phenoxy) is 2. The highest BCUT2D eigenvalue weighted by Gasteiger charge is 2.25. The molecule has 0 aliphatic heterocycles. The van der Waals surface area contributed by atoms with Gasteiger partial charge in [-0.25, -0.2) is 4.57 Å². The first kappa shape index (κ1) is 25.0. The second kappa shape index (κ2) is 14.1. The molecule has 2 unspecified atom stereocenters. The molecule has 0 fully saturated rings. The SMILES string of the molecule is CCCCCC(C)NCCOP(=O)(O)OC[C@@H](COC(C)=O)OC(C)=O. The number of carbonyl (C=O) groups excluding carboxylic acids is 2. The van der Waals surface area contributed by atoms with E-state index in [4.69, 9.17) is 18.5 Å². The van der Waals surface area contributed by atoms with Gasteiger partial charge in [-0.3, -0.25) is 18.6 Å². The van der Waals surface area contributed by atoms with E-state index in [0.717, 1.165) is 19.3 Å². The van der Waals surface area contributed by atoms with Crippen LogP contribution in [-0.4, -0.2) is 55.3 Å². The van der Waals surface area contributed by atoms with Gasteiger partial charge >= 0.3 is 19.8 Å². The molecule has 10 heteroatoms. The number of nitrogens with one attached hydrogen (secondary N) is 1. The number of rotatable bonds is 15. The molecule has 0 aliphatic rings. The lowest BCUT2D eigenvalue weighted by Gasteiger charge is -2.19. The van der Waals surface area contributed by atoms with E-state index in [2.05, 4.69) is 12.2 Å². The molecule has 2 N–H and O–H groups in total. The third-order valence-corrected chi connectivity index (χ3v) is 4.30. The van der Waals surface area contributed by atoms with E-state index in [1.807, 2.05) is 6.92 Å². The Morgan fingerprint density at radius 3 is 2.38 bits per heavy atom. The summed E-state index contributed by atoms with van der Waals surface area (Å²) >= 11 is 0. The fraction of sp³-hybridized carbons (Fsp3) is 0.875. The predicted molar refractivity (Wildman–Crippen MR) is 95.5 cm³/mol. The van der Waals surface area contributed by atoms with Crippen molar-refractivity contribution >= 4 is 19.8 Å². The molecule has 0 aromatic carbocycles. The van der Waals surface area contributed by atoms with Gasteiger partial charge in [0.1, 0.15) is 6.61 Å². The van der Waals surface area contributed by atoms with Crippen molar-refractivity contribution in [2.45, 2.75) is 65.5 Å². The normalized spacial score (nSPS) is 15.7. The quantitative estimate of drug-likeness (QED) is 0.243. The van der Waals surface area contributed by atoms with Crippen molar-refractivity contribution in [2.75, 3.05) is 26.4 Å². The molecule has 3 atom stereocenters. The van der Waals surface area contributed by atoms with Gasteiger partial charge in [0.15, 0.2) is 6.10 Å². The van der Waals surface area contributed by atoms with E-state index in [1.54, 1.807) is 0 Å². The van der Waals surface area contributed by atoms with Crippen LogP contribution in [0.2, 0.25) is 0 Å². The van der Waals surface area contributed by atoms with Gasteiger partial charge in [0, 0.05) is 26.4 Å². The molecule has 154 valence electrons. The van der Waals surface area contributed by atoms with Gasteiger partial charge in [0.2, 0.25) is 0 Å². The molecule has 0 saturated carbocycles. The Morgan fingerprint density at radius 2 is 1.81 bits per heavy atom. The van der Waals surface area contributed by atoms with Crippen LogP contribution in [0, 0.1) is 0 Å². The van der Waals surface area contributed by atoms with E-state index in [1.165, 1.54) is 20.3 Å². The first-order valence-electron chi connectivity index (χ1n) is 8.82. The molecule has 0 rings (SSSR count). The minimum absolute atomic E-state index is 0.00588. The maximum atomic E-state index is 11.8. The minimum atomic E-state index is -4.29. The van der Waals surface area contributed by atoms with Gasteiger partial charge in [-0.2, -0.15) is 0 Å². The minimum Gasteiger partial charge on any atom is -0.462 e. The third-order valence-electron chi connectivity index (χ3n) is 3.32. The smallest absolute Gasteiger partial charge is 0.462 e. The highest BCUT2D eigenvalue weighted by molar-refractivity contribution is 7.47. The summed E-state index contributed by atoms with van der Waals surface area (Å²) in [5, 5.41) is 3.20. The van der Waals surface area contributed by atoms with E-state index < -0.39 is 32.5 Å². The molecular formula is C16H32NO8P. The van der Waals surface area contributed by atoms with Gasteiger partial charge in [-0.15, -0.1) is 0 Å². The maximum Gasteiger partial charge on any atom is 0.472 e. The van der Waals surface area contributed by atoms with Crippen LogP contribution in [0.5, 0.6) is 0 Å². The molecule has 26 heavy (non-hydrogen) atoms. The predicted octanol–water partition coefficient (Wildman–Crippen LogP) is 2.17. The number of phosphoric ester groups is 1. The number of hydrogen-bond acceptors (Lipinski definition) is 8. The molecule has 0 saturated heterocycles. The maximum absolute atomic E-state index is 11.8. The summed E-state index contributed by atoms with van der Waals surface area (Å²) in [4.78, 5) is 31.5. The summed E-state index contributed by atoms with van der Waals surface area (Å²) in [6.07, 6.45) is 3.51. The van der Waals surface area contributed by atoms with Crippen LogP contribution < -0.4 is 5.32 Å². The number of carbonyl (C=O) groups is 2. The highest BCUT2D eigenvalue weighted by Crippen LogP contribution is 2.43. The van der Waals surface area contributed by atoms with E-state index >= 15 is 0 Å². The number of hydrogen-bond donors (Lipinski definition) is 2. The Hall–Kier alpha value is -0.990. The summed E-state index contributed by atoms with van der Waals surface area (Å²) in [5.41, 5.74) is 0. The van der Waals surface area contributed by atoms with Gasteiger partial charge in [-0.05, 0) is 13.3 Å². The summed E-state index contributed by atoms with van der Waals surface area (Å²) in [6, 6.07) is 0.293. The zero-order chi connectivity index (χ0) is 20.0. The Labute approximate surface area is 155 Å². The molecular weight excluding hydrogens is 365 g/mol. The van der Waals surface area contributed by atoms with Crippen molar-refractivity contribution < 1.29 is 37.6 Å². The molecule has 0 aromatic rings. The summed E-state index contributed by atoms with van der Waals surface area (Å²) < 4.78 is 31.1. The second-order valence-corrected chi connectivity index (χ2v) is 7.44. The zero-order valence-electron chi connectivity index (χ0n) is 16.1. The van der Waals surface area contributed by atoms with Crippen molar-refractivity contribution in [1.82, 2.24) is 5.32 Å². The first-order chi connectivity index (χ1) is 12.2. The molecule has 0 aromatic heterocycles. The highest BCUT2D eigenvalue weighted by atomic mass is 31.2. The molecule has 0 radical (unpaired) electrons. The lowest BCUT2D eigenvalue weighted by Crippen LogP contribution is -2.30. The topological polar surface area (TPSA) is 120 Å². The fourth-order valence-electron chi connectivity index (χ4n) is 2.04. The van der Waals surface area contributed by atoms with E-state index in [0.29, 0.717) is 12.6 Å². The summed E-state index contributed by atoms with van der Waals surface area (Å²) in [7, 11) is -4.29. The van der Waals surface area contributed by atoms with Crippen molar-refractivity contribution in [1.29, 1.82) is 0 Å². The van der Waals surface area contributed by atoms with Crippen LogP contribution in [0.4, 0.5) is 0 Å². The molecule has 0 bridgehead atoms. The van der Waals surface area contributed by atoms with Gasteiger partial charge < -0.3 is 19.7 Å². The molecule has 0 heterocycles. The lowest BCUT2D eigenvalue weighted by atomic mass is 10.1. The van der Waals surface area contributed by atoms with Crippen molar-refractivity contribution in [3.8, 4) is 0 Å². The average Bonchev–Trinajstić information content (AvgIpc) is 2.54. The Morgan fingerprint density at radius 1 is 1.12 bits per heavy atom. The number of phosphoric acid groups is 1. The molecule has 0 spiro atoms. The summed E-state index contributed by atoms with van der Waals surface area (Å²) in [6.45, 7) is 6.25. The zero-order valence-corrected chi connectivity index (χ0v) is 17.0. The van der Waals surface area contributed by atoms with Gasteiger partial charge in [0.25, 0.3) is 0 Å². The van der Waals surface area contributed by atoms with Crippen molar-refractivity contribution in [2.24, 2.45) is 0 Å². The lowest BCUT2D eigenvalue weighted by molar-refractivity contribution is -0.158. The van der Waals surface area contributed by atoms with Gasteiger partial charge in [-0.1, -0.05) is 26.2 Å². The van der Waals surface area contributed by atoms with Crippen LogP contribution >= 0.6 is 7.82 Å².